The van der Waals surface area contributed by atoms with Crippen LogP contribution in [0.3, 0.4) is 0 Å². The van der Waals surface area contributed by atoms with Gasteiger partial charge in [0.05, 0.1) is 19.3 Å². The van der Waals surface area contributed by atoms with E-state index in [4.69, 9.17) is 9.47 Å². The molecule has 46 heavy (non-hydrogen) atoms. The van der Waals surface area contributed by atoms with E-state index in [9.17, 15) is 19.5 Å². The third-order valence-electron chi connectivity index (χ3n) is 7.73. The molecule has 0 bridgehead atoms. The quantitative estimate of drug-likeness (QED) is 0.244. The second kappa shape index (κ2) is 17.2. The van der Waals surface area contributed by atoms with Gasteiger partial charge in [0.15, 0.2) is 0 Å². The number of anilines is 1. The summed E-state index contributed by atoms with van der Waals surface area (Å²) in [6, 6.07) is 16.0. The summed E-state index contributed by atoms with van der Waals surface area (Å²) in [6.07, 6.45) is -2.17. The average molecular weight is 641 g/mol. The zero-order valence-electron chi connectivity index (χ0n) is 28.3. The fourth-order valence-corrected chi connectivity index (χ4v) is 5.17. The van der Waals surface area contributed by atoms with Crippen LogP contribution in [-0.2, 0) is 27.2 Å². The molecule has 3 atom stereocenters. The molecule has 2 aromatic carbocycles. The Morgan fingerprint density at radius 3 is 2.11 bits per heavy atom. The minimum Gasteiger partial charge on any atom is -0.453 e. The van der Waals surface area contributed by atoms with Crippen LogP contribution in [0.25, 0.3) is 0 Å². The number of hydrogen-bond acceptors (Lipinski definition) is 9. The van der Waals surface area contributed by atoms with Crippen molar-refractivity contribution in [3.05, 3.63) is 65.7 Å². The Morgan fingerprint density at radius 2 is 1.54 bits per heavy atom. The van der Waals surface area contributed by atoms with E-state index < -0.39 is 41.9 Å². The number of ether oxygens (including phenoxy) is 2. The number of likely N-dealkylation sites (N-methyl/N-ethyl adjacent to an activating group) is 1. The lowest BCUT2D eigenvalue weighted by atomic mass is 9.98. The van der Waals surface area contributed by atoms with Gasteiger partial charge in [-0.3, -0.25) is 10.2 Å². The summed E-state index contributed by atoms with van der Waals surface area (Å²) in [5.74, 6) is -0.695. The highest BCUT2D eigenvalue weighted by Crippen LogP contribution is 2.19. The van der Waals surface area contributed by atoms with Crippen molar-refractivity contribution in [2.45, 2.75) is 71.4 Å². The normalized spacial score (nSPS) is 16.0. The zero-order valence-corrected chi connectivity index (χ0v) is 28.3. The standard InChI is InChI=1S/C34H52N6O6/c1-24(2)30(36-32(43)45-7)31(42)35-28(21-25-11-9-8-10-12-25)29(41)23-40(37-33(44)46-34(3,4)5)22-26-13-15-27(16-14-26)39-19-17-38(6)18-20-39/h8-16,24,28-30,41H,17-23H2,1-7H3,(H,35,42)(H,36,43)(H,37,44)/t28?,29?,30-/m0/s1. The highest BCUT2D eigenvalue weighted by atomic mass is 16.6. The summed E-state index contributed by atoms with van der Waals surface area (Å²) < 4.78 is 10.2. The van der Waals surface area contributed by atoms with Crippen molar-refractivity contribution in [1.82, 2.24) is 26.0 Å². The monoisotopic (exact) mass is 640 g/mol. The number of hydrogen-bond donors (Lipinski definition) is 4. The molecule has 3 amide bonds. The number of nitrogens with one attached hydrogen (secondary N) is 3. The van der Waals surface area contributed by atoms with E-state index in [0.29, 0.717) is 6.42 Å². The molecule has 12 heteroatoms. The van der Waals surface area contributed by atoms with Crippen LogP contribution < -0.4 is 21.0 Å². The summed E-state index contributed by atoms with van der Waals surface area (Å²) >= 11 is 0. The number of aliphatic hydroxyl groups is 1. The first-order valence-electron chi connectivity index (χ1n) is 15.9. The summed E-state index contributed by atoms with van der Waals surface area (Å²) in [7, 11) is 3.36. The molecule has 4 N–H and O–H groups in total. The van der Waals surface area contributed by atoms with Gasteiger partial charge in [-0.1, -0.05) is 56.3 Å². The molecule has 1 aliphatic heterocycles. The molecule has 1 fully saturated rings. The second-order valence-corrected chi connectivity index (χ2v) is 13.2. The van der Waals surface area contributed by atoms with Crippen molar-refractivity contribution < 1.29 is 29.0 Å². The third kappa shape index (κ3) is 12.1. The average Bonchev–Trinajstić information content (AvgIpc) is 2.99. The van der Waals surface area contributed by atoms with Gasteiger partial charge in [0.25, 0.3) is 0 Å². The van der Waals surface area contributed by atoms with Crippen LogP contribution in [0.4, 0.5) is 15.3 Å². The first kappa shape index (κ1) is 36.6. The molecule has 1 saturated heterocycles. The number of hydrazine groups is 1. The van der Waals surface area contributed by atoms with Gasteiger partial charge >= 0.3 is 12.2 Å². The largest absolute Gasteiger partial charge is 0.453 e. The molecule has 0 saturated carbocycles. The first-order chi connectivity index (χ1) is 21.7. The van der Waals surface area contributed by atoms with Crippen molar-refractivity contribution in [1.29, 1.82) is 0 Å². The van der Waals surface area contributed by atoms with E-state index in [2.05, 4.69) is 45.0 Å². The van der Waals surface area contributed by atoms with Gasteiger partial charge < -0.3 is 35.0 Å². The number of amides is 3. The number of carbonyl (C=O) groups is 3. The van der Waals surface area contributed by atoms with Crippen molar-refractivity contribution in [3.63, 3.8) is 0 Å². The molecule has 12 nitrogen and oxygen atoms in total. The Bertz CT molecular complexity index is 1250. The van der Waals surface area contributed by atoms with E-state index in [1.807, 2.05) is 56.3 Å². The molecule has 2 aromatic rings. The van der Waals surface area contributed by atoms with Gasteiger partial charge in [-0.05, 0) is 63.4 Å². The van der Waals surface area contributed by atoms with E-state index in [-0.39, 0.29) is 19.0 Å². The van der Waals surface area contributed by atoms with E-state index >= 15 is 0 Å². The molecular weight excluding hydrogens is 588 g/mol. The van der Waals surface area contributed by atoms with Crippen LogP contribution in [0.2, 0.25) is 0 Å². The molecule has 0 aliphatic carbocycles. The van der Waals surface area contributed by atoms with Crippen LogP contribution in [-0.4, -0.2) is 104 Å². The summed E-state index contributed by atoms with van der Waals surface area (Å²) in [5, 5.41) is 18.7. The molecule has 3 rings (SSSR count). The van der Waals surface area contributed by atoms with Crippen LogP contribution >= 0.6 is 0 Å². The number of aliphatic hydroxyl groups excluding tert-OH is 1. The number of piperazine rings is 1. The fraction of sp³-hybridized carbons (Fsp3) is 0.559. The molecule has 254 valence electrons. The molecule has 0 aromatic heterocycles. The van der Waals surface area contributed by atoms with Crippen molar-refractivity contribution >= 4 is 23.8 Å². The first-order valence-corrected chi connectivity index (χ1v) is 15.9. The Morgan fingerprint density at radius 1 is 0.913 bits per heavy atom. The number of rotatable bonds is 13. The smallest absolute Gasteiger partial charge is 0.422 e. The van der Waals surface area contributed by atoms with Crippen LogP contribution in [0.15, 0.2) is 54.6 Å². The predicted octanol–water partition coefficient (Wildman–Crippen LogP) is 3.15. The summed E-state index contributed by atoms with van der Waals surface area (Å²) in [5.41, 5.74) is 5.03. The van der Waals surface area contributed by atoms with Gasteiger partial charge in [0.1, 0.15) is 11.6 Å². The topological polar surface area (TPSA) is 136 Å². The Balaban J connectivity index is 1.81. The lowest BCUT2D eigenvalue weighted by molar-refractivity contribution is -0.125. The van der Waals surface area contributed by atoms with Gasteiger partial charge in [0, 0.05) is 45.0 Å². The Kier molecular flexibility index (Phi) is 13.7. The van der Waals surface area contributed by atoms with Gasteiger partial charge in [0.2, 0.25) is 5.91 Å². The molecular formula is C34H52N6O6. The maximum Gasteiger partial charge on any atom is 0.422 e. The van der Waals surface area contributed by atoms with E-state index in [0.717, 1.165) is 43.0 Å². The highest BCUT2D eigenvalue weighted by molar-refractivity contribution is 5.86. The summed E-state index contributed by atoms with van der Waals surface area (Å²) in [6.45, 7) is 13.1. The van der Waals surface area contributed by atoms with E-state index in [1.54, 1.807) is 25.8 Å². The number of benzene rings is 2. The number of methoxy groups -OCH3 is 1. The predicted molar refractivity (Wildman–Crippen MR) is 178 cm³/mol. The van der Waals surface area contributed by atoms with Gasteiger partial charge in [-0.15, -0.1) is 0 Å². The zero-order chi connectivity index (χ0) is 33.9. The Labute approximate surface area is 273 Å². The maximum absolute atomic E-state index is 13.4. The molecule has 0 spiro atoms. The fourth-order valence-electron chi connectivity index (χ4n) is 5.17. The number of alkyl carbamates (subject to hydrolysis) is 1. The van der Waals surface area contributed by atoms with Crippen LogP contribution in [0.5, 0.6) is 0 Å². The molecule has 1 aliphatic rings. The van der Waals surface area contributed by atoms with E-state index in [1.165, 1.54) is 7.11 Å². The lowest BCUT2D eigenvalue weighted by Crippen LogP contribution is -2.57. The van der Waals surface area contributed by atoms with Gasteiger partial charge in [-0.25, -0.2) is 14.6 Å². The maximum atomic E-state index is 13.4. The highest BCUT2D eigenvalue weighted by Gasteiger charge is 2.31. The SMILES string of the molecule is COC(=O)N[C@H](C(=O)NC(Cc1ccccc1)C(O)CN(Cc1ccc(N2CCN(C)CC2)cc1)NC(=O)OC(C)(C)C)C(C)C. The summed E-state index contributed by atoms with van der Waals surface area (Å²) in [4.78, 5) is 42.9. The minimum absolute atomic E-state index is 0.0198. The minimum atomic E-state index is -1.12. The van der Waals surface area contributed by atoms with Crippen LogP contribution in [0.1, 0.15) is 45.7 Å². The van der Waals surface area contributed by atoms with Crippen molar-refractivity contribution in [3.8, 4) is 0 Å². The molecule has 0 radical (unpaired) electrons. The second-order valence-electron chi connectivity index (χ2n) is 13.2. The third-order valence-corrected chi connectivity index (χ3v) is 7.73. The van der Waals surface area contributed by atoms with Crippen molar-refractivity contribution in [2.75, 3.05) is 51.8 Å². The van der Waals surface area contributed by atoms with Gasteiger partial charge in [-0.2, -0.15) is 0 Å². The lowest BCUT2D eigenvalue weighted by Gasteiger charge is -2.34. The molecule has 1 heterocycles. The molecule has 2 unspecified atom stereocenters. The number of nitrogens with zero attached hydrogens (tertiary/aromatic N) is 3. The number of carbonyl (C=O) groups excluding carboxylic acids is 3. The van der Waals surface area contributed by atoms with Crippen LogP contribution in [0, 0.1) is 5.92 Å². The Hall–Kier alpha value is -3.87. The van der Waals surface area contributed by atoms with Crippen molar-refractivity contribution in [2.24, 2.45) is 5.92 Å².